The molecule has 0 fully saturated rings. The van der Waals surface area contributed by atoms with Crippen molar-refractivity contribution in [3.8, 4) is 5.75 Å². The lowest BCUT2D eigenvalue weighted by Crippen LogP contribution is -2.21. The molecule has 0 bridgehead atoms. The Hall–Kier alpha value is -3.88. The van der Waals surface area contributed by atoms with E-state index >= 15 is 0 Å². The third kappa shape index (κ3) is 4.03. The number of carbonyl (C=O) groups excluding carboxylic acids is 2. The number of nitro benzene ring substituents is 1. The van der Waals surface area contributed by atoms with E-state index in [1.165, 1.54) is 19.2 Å². The molecule has 1 amide bonds. The summed E-state index contributed by atoms with van der Waals surface area (Å²) in [5, 5.41) is 14.1. The molecule has 0 aliphatic rings. The van der Waals surface area contributed by atoms with Gasteiger partial charge in [0.25, 0.3) is 11.6 Å². The number of hydrogen-bond donors (Lipinski definition) is 2. The van der Waals surface area contributed by atoms with E-state index in [1.54, 1.807) is 6.07 Å². The first-order valence-electron chi connectivity index (χ1n) is 7.85. The number of aromatic nitrogens is 1. The van der Waals surface area contributed by atoms with Crippen molar-refractivity contribution in [3.05, 3.63) is 64.3 Å². The zero-order valence-corrected chi connectivity index (χ0v) is 14.2. The lowest BCUT2D eigenvalue weighted by molar-refractivity contribution is -0.384. The zero-order chi connectivity index (χ0) is 19.4. The van der Waals surface area contributed by atoms with E-state index in [2.05, 4.69) is 10.3 Å². The second-order valence-corrected chi connectivity index (χ2v) is 5.54. The summed E-state index contributed by atoms with van der Waals surface area (Å²) in [6.45, 7) is -0.556. The molecule has 1 heterocycles. The van der Waals surface area contributed by atoms with Crippen LogP contribution in [0.5, 0.6) is 5.75 Å². The van der Waals surface area contributed by atoms with Crippen LogP contribution in [0.2, 0.25) is 0 Å². The number of aromatic amines is 1. The Morgan fingerprint density at radius 1 is 1.19 bits per heavy atom. The fourth-order valence-electron chi connectivity index (χ4n) is 2.49. The summed E-state index contributed by atoms with van der Waals surface area (Å²) in [5.74, 6) is -1.10. The number of esters is 1. The van der Waals surface area contributed by atoms with Crippen molar-refractivity contribution in [2.75, 3.05) is 19.0 Å². The summed E-state index contributed by atoms with van der Waals surface area (Å²) in [4.78, 5) is 37.3. The maximum Gasteiger partial charge on any atom is 0.355 e. The maximum absolute atomic E-state index is 12.1. The number of nitrogens with zero attached hydrogens (tertiary/aromatic N) is 1. The van der Waals surface area contributed by atoms with E-state index in [9.17, 15) is 19.7 Å². The SMILES string of the molecule is COc1ccc([N+](=O)[O-])cc1NC(=O)COC(=O)c1cc2ccccc2[nH]1. The molecule has 0 radical (unpaired) electrons. The summed E-state index contributed by atoms with van der Waals surface area (Å²) in [5.41, 5.74) is 0.895. The van der Waals surface area contributed by atoms with E-state index in [-0.39, 0.29) is 22.8 Å². The van der Waals surface area contributed by atoms with Crippen LogP contribution < -0.4 is 10.1 Å². The summed E-state index contributed by atoms with van der Waals surface area (Å²) < 4.78 is 10.0. The van der Waals surface area contributed by atoms with E-state index in [0.29, 0.717) is 0 Å². The first-order valence-corrected chi connectivity index (χ1v) is 7.85. The number of carbonyl (C=O) groups is 2. The number of rotatable bonds is 6. The number of amides is 1. The average molecular weight is 369 g/mol. The minimum absolute atomic E-state index is 0.110. The number of nitrogens with one attached hydrogen (secondary N) is 2. The lowest BCUT2D eigenvalue weighted by atomic mass is 10.2. The van der Waals surface area contributed by atoms with Crippen molar-refractivity contribution in [1.82, 2.24) is 4.98 Å². The molecule has 0 saturated heterocycles. The van der Waals surface area contributed by atoms with Crippen molar-refractivity contribution in [3.63, 3.8) is 0 Å². The van der Waals surface area contributed by atoms with Gasteiger partial charge in [0, 0.05) is 23.0 Å². The Kier molecular flexibility index (Phi) is 5.02. The van der Waals surface area contributed by atoms with Crippen LogP contribution in [0.4, 0.5) is 11.4 Å². The minimum Gasteiger partial charge on any atom is -0.495 e. The van der Waals surface area contributed by atoms with Crippen LogP contribution in [-0.2, 0) is 9.53 Å². The Morgan fingerprint density at radius 3 is 2.67 bits per heavy atom. The van der Waals surface area contributed by atoms with Gasteiger partial charge in [0.1, 0.15) is 11.4 Å². The second-order valence-electron chi connectivity index (χ2n) is 5.54. The molecule has 0 atom stereocenters. The molecule has 0 aliphatic heterocycles. The van der Waals surface area contributed by atoms with Crippen molar-refractivity contribution in [2.45, 2.75) is 0 Å². The Labute approximate surface area is 153 Å². The van der Waals surface area contributed by atoms with Gasteiger partial charge in [0.15, 0.2) is 6.61 Å². The molecule has 0 saturated carbocycles. The van der Waals surface area contributed by atoms with Crippen LogP contribution >= 0.6 is 0 Å². The number of fused-ring (bicyclic) bond motifs is 1. The van der Waals surface area contributed by atoms with E-state index in [1.807, 2.05) is 24.3 Å². The molecular weight excluding hydrogens is 354 g/mol. The molecule has 9 heteroatoms. The van der Waals surface area contributed by atoms with Gasteiger partial charge in [0.05, 0.1) is 17.7 Å². The Morgan fingerprint density at radius 2 is 1.96 bits per heavy atom. The van der Waals surface area contributed by atoms with E-state index < -0.39 is 23.4 Å². The highest BCUT2D eigenvalue weighted by molar-refractivity contribution is 5.98. The number of H-pyrrole nitrogens is 1. The third-order valence-electron chi connectivity index (χ3n) is 3.75. The Bertz CT molecular complexity index is 994. The standard InChI is InChI=1S/C18H15N3O6/c1-26-16-7-6-12(21(24)25)9-14(16)20-17(22)10-27-18(23)15-8-11-4-2-3-5-13(11)19-15/h2-9,19H,10H2,1H3,(H,20,22). The number of benzene rings is 2. The third-order valence-corrected chi connectivity index (χ3v) is 3.75. The van der Waals surface area contributed by atoms with Gasteiger partial charge in [0.2, 0.25) is 0 Å². The normalized spacial score (nSPS) is 10.4. The number of anilines is 1. The van der Waals surface area contributed by atoms with Crippen LogP contribution in [0, 0.1) is 10.1 Å². The second kappa shape index (κ2) is 7.56. The predicted octanol–water partition coefficient (Wildman–Crippen LogP) is 2.88. The molecule has 2 aromatic carbocycles. The highest BCUT2D eigenvalue weighted by Gasteiger charge is 2.16. The molecule has 2 N–H and O–H groups in total. The molecule has 1 aromatic heterocycles. The van der Waals surface area contributed by atoms with Crippen LogP contribution in [0.15, 0.2) is 48.5 Å². The molecule has 3 rings (SSSR count). The zero-order valence-electron chi connectivity index (χ0n) is 14.2. The summed E-state index contributed by atoms with van der Waals surface area (Å²) >= 11 is 0. The van der Waals surface area contributed by atoms with Crippen molar-refractivity contribution >= 4 is 34.2 Å². The molecule has 0 aliphatic carbocycles. The van der Waals surface area contributed by atoms with E-state index in [0.717, 1.165) is 17.0 Å². The van der Waals surface area contributed by atoms with Gasteiger partial charge in [-0.3, -0.25) is 14.9 Å². The first kappa shape index (κ1) is 17.9. The van der Waals surface area contributed by atoms with Gasteiger partial charge >= 0.3 is 5.97 Å². The van der Waals surface area contributed by atoms with Crippen LogP contribution in [0.1, 0.15) is 10.5 Å². The number of non-ortho nitro benzene ring substituents is 1. The van der Waals surface area contributed by atoms with Crippen molar-refractivity contribution < 1.29 is 24.0 Å². The van der Waals surface area contributed by atoms with Crippen molar-refractivity contribution in [1.29, 1.82) is 0 Å². The van der Waals surface area contributed by atoms with E-state index in [4.69, 9.17) is 9.47 Å². The van der Waals surface area contributed by atoms with Gasteiger partial charge < -0.3 is 19.8 Å². The monoisotopic (exact) mass is 369 g/mol. The molecule has 3 aromatic rings. The van der Waals surface area contributed by atoms with Crippen LogP contribution in [0.25, 0.3) is 10.9 Å². The van der Waals surface area contributed by atoms with Gasteiger partial charge in [-0.1, -0.05) is 18.2 Å². The molecular formula is C18H15N3O6. The number of ether oxygens (including phenoxy) is 2. The quantitative estimate of drug-likeness (QED) is 0.391. The van der Waals surface area contributed by atoms with Crippen molar-refractivity contribution in [2.24, 2.45) is 0 Å². The van der Waals surface area contributed by atoms with Crippen LogP contribution in [-0.4, -0.2) is 35.5 Å². The fourth-order valence-corrected chi connectivity index (χ4v) is 2.49. The fraction of sp³-hybridized carbons (Fsp3) is 0.111. The largest absolute Gasteiger partial charge is 0.495 e. The van der Waals surface area contributed by atoms with Gasteiger partial charge in [-0.2, -0.15) is 0 Å². The molecule has 0 unspecified atom stereocenters. The highest BCUT2D eigenvalue weighted by atomic mass is 16.6. The Balaban J connectivity index is 1.65. The highest BCUT2D eigenvalue weighted by Crippen LogP contribution is 2.28. The average Bonchev–Trinajstić information content (AvgIpc) is 3.10. The number of hydrogen-bond acceptors (Lipinski definition) is 6. The molecule has 27 heavy (non-hydrogen) atoms. The number of nitro groups is 1. The molecule has 9 nitrogen and oxygen atoms in total. The predicted molar refractivity (Wildman–Crippen MR) is 96.9 cm³/mol. The molecule has 0 spiro atoms. The van der Waals surface area contributed by atoms with Gasteiger partial charge in [-0.05, 0) is 18.2 Å². The lowest BCUT2D eigenvalue weighted by Gasteiger charge is -2.10. The summed E-state index contributed by atoms with van der Waals surface area (Å²) in [7, 11) is 1.37. The van der Waals surface area contributed by atoms with Gasteiger partial charge in [-0.15, -0.1) is 0 Å². The first-order chi connectivity index (χ1) is 13.0. The number of methoxy groups -OCH3 is 1. The summed E-state index contributed by atoms with van der Waals surface area (Å²) in [6, 6.07) is 12.7. The minimum atomic E-state index is -0.688. The van der Waals surface area contributed by atoms with Crippen LogP contribution in [0.3, 0.4) is 0 Å². The smallest absolute Gasteiger partial charge is 0.355 e. The molecule has 138 valence electrons. The van der Waals surface area contributed by atoms with Gasteiger partial charge in [-0.25, -0.2) is 4.79 Å². The number of para-hydroxylation sites is 1. The summed E-state index contributed by atoms with van der Waals surface area (Å²) in [6.07, 6.45) is 0. The maximum atomic E-state index is 12.1. The topological polar surface area (TPSA) is 124 Å².